The number of benzene rings is 1. The van der Waals surface area contributed by atoms with Crippen molar-refractivity contribution in [1.29, 1.82) is 0 Å². The second-order valence-corrected chi connectivity index (χ2v) is 6.07. The number of hydrogen-bond donors (Lipinski definition) is 3. The Morgan fingerprint density at radius 3 is 2.65 bits per heavy atom. The number of carbonyl (C=O) groups is 2. The van der Waals surface area contributed by atoms with Crippen LogP contribution in [0.4, 0.5) is 10.1 Å². The summed E-state index contributed by atoms with van der Waals surface area (Å²) in [7, 11) is 0. The van der Waals surface area contributed by atoms with Crippen molar-refractivity contribution >= 4 is 23.5 Å². The average Bonchev–Trinajstić information content (AvgIpc) is 3.10. The van der Waals surface area contributed by atoms with Gasteiger partial charge in [0.2, 0.25) is 11.8 Å². The Hall–Kier alpha value is -2.64. The quantitative estimate of drug-likeness (QED) is 0.526. The number of aliphatic imine (C=N–C) groups is 1. The molecule has 0 spiro atoms. The molecular formula is C18H26FN5O2. The topological polar surface area (TPSA) is 85.8 Å². The lowest BCUT2D eigenvalue weighted by atomic mass is 10.3. The van der Waals surface area contributed by atoms with Gasteiger partial charge in [-0.3, -0.25) is 9.59 Å². The molecule has 0 aliphatic carbocycles. The zero-order valence-electron chi connectivity index (χ0n) is 15.2. The number of nitrogens with zero attached hydrogens (tertiary/aromatic N) is 2. The van der Waals surface area contributed by atoms with E-state index in [2.05, 4.69) is 20.9 Å². The van der Waals surface area contributed by atoms with Gasteiger partial charge in [-0.15, -0.1) is 0 Å². The summed E-state index contributed by atoms with van der Waals surface area (Å²) in [5, 5.41) is 9.04. The van der Waals surface area contributed by atoms with Crippen molar-refractivity contribution in [2.24, 2.45) is 4.99 Å². The van der Waals surface area contributed by atoms with Gasteiger partial charge in [0.1, 0.15) is 12.4 Å². The largest absolute Gasteiger partial charge is 0.357 e. The van der Waals surface area contributed by atoms with Gasteiger partial charge in [0.15, 0.2) is 5.96 Å². The average molecular weight is 363 g/mol. The molecule has 0 bridgehead atoms. The highest BCUT2D eigenvalue weighted by Gasteiger charge is 2.25. The monoisotopic (exact) mass is 363 g/mol. The van der Waals surface area contributed by atoms with Gasteiger partial charge < -0.3 is 20.9 Å². The van der Waals surface area contributed by atoms with E-state index in [0.717, 1.165) is 13.0 Å². The predicted molar refractivity (Wildman–Crippen MR) is 99.4 cm³/mol. The van der Waals surface area contributed by atoms with Gasteiger partial charge in [-0.2, -0.15) is 0 Å². The number of carbonyl (C=O) groups excluding carboxylic acids is 2. The Bertz CT molecular complexity index is 647. The Balaban J connectivity index is 1.86. The third kappa shape index (κ3) is 6.02. The molecule has 1 heterocycles. The van der Waals surface area contributed by atoms with Crippen molar-refractivity contribution < 1.29 is 14.0 Å². The predicted octanol–water partition coefficient (Wildman–Crippen LogP) is 1.33. The van der Waals surface area contributed by atoms with Crippen molar-refractivity contribution in [1.82, 2.24) is 15.5 Å². The first-order chi connectivity index (χ1) is 12.5. The lowest BCUT2D eigenvalue weighted by molar-refractivity contribution is -0.129. The number of anilines is 1. The number of nitrogens with one attached hydrogen (secondary N) is 3. The van der Waals surface area contributed by atoms with Crippen LogP contribution >= 0.6 is 0 Å². The van der Waals surface area contributed by atoms with Crippen molar-refractivity contribution in [2.75, 3.05) is 31.5 Å². The highest BCUT2D eigenvalue weighted by molar-refractivity contribution is 5.94. The number of hydrogen-bond acceptors (Lipinski definition) is 3. The summed E-state index contributed by atoms with van der Waals surface area (Å²) >= 11 is 0. The lowest BCUT2D eigenvalue weighted by Gasteiger charge is -2.18. The Morgan fingerprint density at radius 1 is 1.27 bits per heavy atom. The molecule has 2 rings (SSSR count). The molecule has 8 heteroatoms. The lowest BCUT2D eigenvalue weighted by Crippen LogP contribution is -2.45. The van der Waals surface area contributed by atoms with Crippen LogP contribution in [0.3, 0.4) is 0 Å². The Morgan fingerprint density at radius 2 is 2.00 bits per heavy atom. The van der Waals surface area contributed by atoms with E-state index in [1.54, 1.807) is 0 Å². The maximum atomic E-state index is 12.9. The summed E-state index contributed by atoms with van der Waals surface area (Å²) in [5.74, 6) is 0.0438. The maximum Gasteiger partial charge on any atom is 0.246 e. The molecule has 0 saturated carbocycles. The van der Waals surface area contributed by atoms with Crippen LogP contribution in [0.1, 0.15) is 26.7 Å². The highest BCUT2D eigenvalue weighted by atomic mass is 19.1. The summed E-state index contributed by atoms with van der Waals surface area (Å²) in [6.45, 7) is 5.77. The highest BCUT2D eigenvalue weighted by Crippen LogP contribution is 2.10. The van der Waals surface area contributed by atoms with Crippen LogP contribution in [-0.2, 0) is 9.59 Å². The fourth-order valence-corrected chi connectivity index (χ4v) is 2.73. The number of rotatable bonds is 6. The summed E-state index contributed by atoms with van der Waals surface area (Å²) < 4.78 is 12.9. The molecule has 26 heavy (non-hydrogen) atoms. The van der Waals surface area contributed by atoms with Crippen LogP contribution in [0, 0.1) is 5.82 Å². The minimum absolute atomic E-state index is 0.0585. The molecule has 1 aliphatic rings. The number of guanidine groups is 1. The molecule has 1 unspecified atom stereocenters. The van der Waals surface area contributed by atoms with E-state index in [4.69, 9.17) is 0 Å². The first kappa shape index (κ1) is 19.7. The fourth-order valence-electron chi connectivity index (χ4n) is 2.73. The van der Waals surface area contributed by atoms with Gasteiger partial charge in [0, 0.05) is 37.8 Å². The van der Waals surface area contributed by atoms with Gasteiger partial charge in [-0.05, 0) is 37.6 Å². The van der Waals surface area contributed by atoms with Crippen molar-refractivity contribution in [3.8, 4) is 0 Å². The van der Waals surface area contributed by atoms with Gasteiger partial charge >= 0.3 is 0 Å². The van der Waals surface area contributed by atoms with Crippen LogP contribution in [0.15, 0.2) is 29.3 Å². The van der Waals surface area contributed by atoms with Gasteiger partial charge in [0.25, 0.3) is 0 Å². The minimum atomic E-state index is -0.355. The zero-order valence-corrected chi connectivity index (χ0v) is 15.2. The molecule has 2 amide bonds. The SMILES string of the molecule is CCNC(=NCC(=O)Nc1ccc(F)cc1)NC1CCN(C(=O)CC)C1. The molecule has 1 fully saturated rings. The molecule has 1 saturated heterocycles. The summed E-state index contributed by atoms with van der Waals surface area (Å²) in [5.41, 5.74) is 0.522. The van der Waals surface area contributed by atoms with Gasteiger partial charge in [-0.1, -0.05) is 6.92 Å². The molecule has 3 N–H and O–H groups in total. The first-order valence-electron chi connectivity index (χ1n) is 8.89. The van der Waals surface area contributed by atoms with Gasteiger partial charge in [-0.25, -0.2) is 9.38 Å². The summed E-state index contributed by atoms with van der Waals surface area (Å²) in [4.78, 5) is 29.9. The van der Waals surface area contributed by atoms with Crippen LogP contribution in [-0.4, -0.2) is 54.9 Å². The van der Waals surface area contributed by atoms with E-state index < -0.39 is 0 Å². The van der Waals surface area contributed by atoms with Crippen LogP contribution in [0.5, 0.6) is 0 Å². The minimum Gasteiger partial charge on any atom is -0.357 e. The zero-order chi connectivity index (χ0) is 18.9. The van der Waals surface area contributed by atoms with Crippen molar-refractivity contribution in [2.45, 2.75) is 32.7 Å². The summed E-state index contributed by atoms with van der Waals surface area (Å²) in [6.07, 6.45) is 1.35. The molecule has 1 aromatic carbocycles. The molecule has 1 atom stereocenters. The third-order valence-corrected chi connectivity index (χ3v) is 4.04. The summed E-state index contributed by atoms with van der Waals surface area (Å²) in [6, 6.07) is 5.68. The Kier molecular flexibility index (Phi) is 7.37. The van der Waals surface area contributed by atoms with E-state index in [0.29, 0.717) is 31.2 Å². The van der Waals surface area contributed by atoms with Crippen molar-refractivity contribution in [3.05, 3.63) is 30.1 Å². The molecular weight excluding hydrogens is 337 g/mol. The first-order valence-corrected chi connectivity index (χ1v) is 8.89. The Labute approximate surface area is 153 Å². The van der Waals surface area contributed by atoms with Crippen LogP contribution in [0.25, 0.3) is 0 Å². The number of likely N-dealkylation sites (tertiary alicyclic amines) is 1. The molecule has 1 aromatic rings. The van der Waals surface area contributed by atoms with E-state index in [-0.39, 0.29) is 30.2 Å². The van der Waals surface area contributed by atoms with E-state index in [9.17, 15) is 14.0 Å². The third-order valence-electron chi connectivity index (χ3n) is 4.04. The fraction of sp³-hybridized carbons (Fsp3) is 0.500. The standard InChI is InChI=1S/C18H26FN5O2/c1-3-17(26)24-10-9-15(12-24)23-18(20-4-2)21-11-16(25)22-14-7-5-13(19)6-8-14/h5-8,15H,3-4,9-12H2,1-2H3,(H,22,25)(H2,20,21,23). The van der Waals surface area contributed by atoms with Gasteiger partial charge in [0.05, 0.1) is 0 Å². The molecule has 1 aliphatic heterocycles. The van der Waals surface area contributed by atoms with E-state index in [1.807, 2.05) is 18.7 Å². The van der Waals surface area contributed by atoms with Crippen LogP contribution < -0.4 is 16.0 Å². The molecule has 0 aromatic heterocycles. The number of halogens is 1. The second kappa shape index (κ2) is 9.74. The molecule has 0 radical (unpaired) electrons. The van der Waals surface area contributed by atoms with Crippen LogP contribution in [0.2, 0.25) is 0 Å². The van der Waals surface area contributed by atoms with Crippen molar-refractivity contribution in [3.63, 3.8) is 0 Å². The molecule has 7 nitrogen and oxygen atoms in total. The van der Waals surface area contributed by atoms with E-state index in [1.165, 1.54) is 24.3 Å². The molecule has 142 valence electrons. The van der Waals surface area contributed by atoms with E-state index >= 15 is 0 Å². The smallest absolute Gasteiger partial charge is 0.246 e. The maximum absolute atomic E-state index is 12.9. The second-order valence-electron chi connectivity index (χ2n) is 6.07. The number of amides is 2. The normalized spacial score (nSPS) is 17.1.